The van der Waals surface area contributed by atoms with Crippen LogP contribution in [0, 0.1) is 0 Å². The Hall–Kier alpha value is -1.98. The summed E-state index contributed by atoms with van der Waals surface area (Å²) in [6.45, 7) is 0. The van der Waals surface area contributed by atoms with Crippen LogP contribution in [0.15, 0.2) is 36.5 Å². The Morgan fingerprint density at radius 2 is 1.75 bits per heavy atom. The maximum atomic E-state index is 11.7. The van der Waals surface area contributed by atoms with Crippen molar-refractivity contribution in [1.82, 2.24) is 15.8 Å². The van der Waals surface area contributed by atoms with E-state index in [9.17, 15) is 9.59 Å². The molecule has 1 heterocycles. The molecule has 3 N–H and O–H groups in total. The number of H-pyrrole nitrogens is 1. The number of halogens is 2. The number of hydrogen-bond acceptors (Lipinski definition) is 2. The van der Waals surface area contributed by atoms with Gasteiger partial charge in [-0.2, -0.15) is 0 Å². The molecule has 0 spiro atoms. The van der Waals surface area contributed by atoms with Gasteiger partial charge < -0.3 is 4.98 Å². The molecule has 0 atom stereocenters. The second-order valence-electron chi connectivity index (χ2n) is 3.96. The predicted octanol–water partition coefficient (Wildman–Crippen LogP) is 2.33. The fraction of sp³-hybridized carbons (Fsp3) is 0.0769. The molecule has 0 aliphatic heterocycles. The molecule has 0 aliphatic carbocycles. The summed E-state index contributed by atoms with van der Waals surface area (Å²) in [6.07, 6.45) is 1.59. The van der Waals surface area contributed by atoms with Crippen LogP contribution in [0.4, 0.5) is 0 Å². The van der Waals surface area contributed by atoms with Gasteiger partial charge in [0.1, 0.15) is 5.69 Å². The van der Waals surface area contributed by atoms with E-state index in [1.54, 1.807) is 36.5 Å². The molecule has 0 saturated heterocycles. The monoisotopic (exact) mass is 311 g/mol. The van der Waals surface area contributed by atoms with Crippen molar-refractivity contribution in [1.29, 1.82) is 0 Å². The van der Waals surface area contributed by atoms with Crippen LogP contribution in [0.1, 0.15) is 16.1 Å². The van der Waals surface area contributed by atoms with Crippen LogP contribution < -0.4 is 10.9 Å². The normalized spacial score (nSPS) is 10.1. The van der Waals surface area contributed by atoms with E-state index in [0.717, 1.165) is 0 Å². The van der Waals surface area contributed by atoms with Gasteiger partial charge in [0.25, 0.3) is 5.91 Å². The van der Waals surface area contributed by atoms with Crippen molar-refractivity contribution in [3.8, 4) is 0 Å². The van der Waals surface area contributed by atoms with Gasteiger partial charge in [-0.1, -0.05) is 29.3 Å². The van der Waals surface area contributed by atoms with Gasteiger partial charge in [-0.3, -0.25) is 20.4 Å². The zero-order valence-electron chi connectivity index (χ0n) is 10.2. The Morgan fingerprint density at radius 1 is 1.05 bits per heavy atom. The molecule has 0 aliphatic rings. The third-order valence-electron chi connectivity index (χ3n) is 2.56. The van der Waals surface area contributed by atoms with E-state index in [0.29, 0.717) is 21.3 Å². The third kappa shape index (κ3) is 3.53. The fourth-order valence-corrected chi connectivity index (χ4v) is 2.10. The topological polar surface area (TPSA) is 74.0 Å². The fourth-order valence-electron chi connectivity index (χ4n) is 1.57. The van der Waals surface area contributed by atoms with Gasteiger partial charge in [0, 0.05) is 16.2 Å². The van der Waals surface area contributed by atoms with Crippen molar-refractivity contribution in [2.24, 2.45) is 0 Å². The highest BCUT2D eigenvalue weighted by Crippen LogP contribution is 2.24. The summed E-state index contributed by atoms with van der Waals surface area (Å²) in [5, 5.41) is 0.812. The van der Waals surface area contributed by atoms with Crippen LogP contribution in [-0.2, 0) is 11.2 Å². The Kier molecular flexibility index (Phi) is 4.65. The van der Waals surface area contributed by atoms with Crippen LogP contribution in [0.25, 0.3) is 0 Å². The van der Waals surface area contributed by atoms with E-state index >= 15 is 0 Å². The Balaban J connectivity index is 1.92. The molecule has 1 aromatic heterocycles. The zero-order valence-corrected chi connectivity index (χ0v) is 11.8. The Bertz CT molecular complexity index is 606. The minimum absolute atomic E-state index is 0.0243. The van der Waals surface area contributed by atoms with Crippen LogP contribution in [0.5, 0.6) is 0 Å². The van der Waals surface area contributed by atoms with Crippen molar-refractivity contribution >= 4 is 35.0 Å². The van der Waals surface area contributed by atoms with Crippen molar-refractivity contribution < 1.29 is 9.59 Å². The van der Waals surface area contributed by atoms with Crippen LogP contribution in [0.3, 0.4) is 0 Å². The lowest BCUT2D eigenvalue weighted by atomic mass is 10.1. The standard InChI is InChI=1S/C13H11Cl2N3O2/c14-9-3-1-4-10(15)8(9)7-12(19)17-18-13(20)11-5-2-6-16-11/h1-6,16H,7H2,(H,17,19)(H,18,20). The molecule has 20 heavy (non-hydrogen) atoms. The Labute approximate surface area is 125 Å². The number of hydrogen-bond donors (Lipinski definition) is 3. The highest BCUT2D eigenvalue weighted by molar-refractivity contribution is 6.36. The number of rotatable bonds is 3. The van der Waals surface area contributed by atoms with E-state index in [4.69, 9.17) is 23.2 Å². The lowest BCUT2D eigenvalue weighted by Crippen LogP contribution is -2.42. The summed E-state index contributed by atoms with van der Waals surface area (Å²) in [7, 11) is 0. The van der Waals surface area contributed by atoms with Crippen LogP contribution >= 0.6 is 23.2 Å². The molecule has 7 heteroatoms. The first kappa shape index (κ1) is 14.4. The number of aromatic amines is 1. The van der Waals surface area contributed by atoms with E-state index in [1.165, 1.54) is 0 Å². The molecular formula is C13H11Cl2N3O2. The number of carbonyl (C=O) groups is 2. The lowest BCUT2D eigenvalue weighted by Gasteiger charge is -2.08. The van der Waals surface area contributed by atoms with Gasteiger partial charge in [-0.25, -0.2) is 0 Å². The summed E-state index contributed by atoms with van der Waals surface area (Å²) < 4.78 is 0. The SMILES string of the molecule is O=C(Cc1c(Cl)cccc1Cl)NNC(=O)c1ccc[nH]1. The van der Waals surface area contributed by atoms with Gasteiger partial charge in [0.2, 0.25) is 5.91 Å². The van der Waals surface area contributed by atoms with Crippen molar-refractivity contribution in [3.05, 3.63) is 57.8 Å². The maximum Gasteiger partial charge on any atom is 0.286 e. The first-order valence-electron chi connectivity index (χ1n) is 5.73. The second kappa shape index (κ2) is 6.45. The van der Waals surface area contributed by atoms with Crippen LogP contribution in [0.2, 0.25) is 10.0 Å². The van der Waals surface area contributed by atoms with E-state index in [-0.39, 0.29) is 6.42 Å². The van der Waals surface area contributed by atoms with Gasteiger partial charge in [-0.15, -0.1) is 0 Å². The lowest BCUT2D eigenvalue weighted by molar-refractivity contribution is -0.121. The number of benzene rings is 1. The summed E-state index contributed by atoms with van der Waals surface area (Å²) in [4.78, 5) is 26.0. The molecule has 0 bridgehead atoms. The second-order valence-corrected chi connectivity index (χ2v) is 4.78. The molecule has 1 aromatic carbocycles. The summed E-state index contributed by atoms with van der Waals surface area (Å²) in [6, 6.07) is 8.26. The average molecular weight is 312 g/mol. The molecular weight excluding hydrogens is 301 g/mol. The largest absolute Gasteiger partial charge is 0.357 e. The average Bonchev–Trinajstić information content (AvgIpc) is 2.94. The van der Waals surface area contributed by atoms with Gasteiger partial charge >= 0.3 is 0 Å². The minimum atomic E-state index is -0.436. The molecule has 0 radical (unpaired) electrons. The minimum Gasteiger partial charge on any atom is -0.357 e. The Morgan fingerprint density at radius 3 is 2.35 bits per heavy atom. The number of aromatic nitrogens is 1. The molecule has 0 unspecified atom stereocenters. The molecule has 2 amide bonds. The van der Waals surface area contributed by atoms with Crippen molar-refractivity contribution in [2.45, 2.75) is 6.42 Å². The first-order valence-corrected chi connectivity index (χ1v) is 6.49. The van der Waals surface area contributed by atoms with Crippen LogP contribution in [-0.4, -0.2) is 16.8 Å². The summed E-state index contributed by atoms with van der Waals surface area (Å²) in [5.74, 6) is -0.853. The maximum absolute atomic E-state index is 11.7. The molecule has 5 nitrogen and oxygen atoms in total. The predicted molar refractivity (Wildman–Crippen MR) is 76.6 cm³/mol. The number of hydrazine groups is 1. The summed E-state index contributed by atoms with van der Waals surface area (Å²) >= 11 is 11.9. The van der Waals surface area contributed by atoms with Crippen molar-refractivity contribution in [3.63, 3.8) is 0 Å². The van der Waals surface area contributed by atoms with Crippen molar-refractivity contribution in [2.75, 3.05) is 0 Å². The highest BCUT2D eigenvalue weighted by atomic mass is 35.5. The summed E-state index contributed by atoms with van der Waals surface area (Å²) in [5.41, 5.74) is 5.45. The number of amides is 2. The third-order valence-corrected chi connectivity index (χ3v) is 3.27. The van der Waals surface area contributed by atoms with Gasteiger partial charge in [-0.05, 0) is 29.8 Å². The quantitative estimate of drug-likeness (QED) is 0.761. The van der Waals surface area contributed by atoms with Gasteiger partial charge in [0.05, 0.1) is 6.42 Å². The molecule has 2 aromatic rings. The number of carbonyl (C=O) groups excluding carboxylic acids is 2. The molecule has 2 rings (SSSR count). The molecule has 0 fully saturated rings. The smallest absolute Gasteiger partial charge is 0.286 e. The molecule has 104 valence electrons. The van der Waals surface area contributed by atoms with E-state index < -0.39 is 11.8 Å². The van der Waals surface area contributed by atoms with E-state index in [1.807, 2.05) is 0 Å². The zero-order chi connectivity index (χ0) is 14.5. The van der Waals surface area contributed by atoms with Gasteiger partial charge in [0.15, 0.2) is 0 Å². The van der Waals surface area contributed by atoms with E-state index in [2.05, 4.69) is 15.8 Å². The highest BCUT2D eigenvalue weighted by Gasteiger charge is 2.12. The molecule has 0 saturated carbocycles. The first-order chi connectivity index (χ1) is 9.58. The number of nitrogens with one attached hydrogen (secondary N) is 3.